The highest BCUT2D eigenvalue weighted by molar-refractivity contribution is 4.93. The Labute approximate surface area is 77.9 Å². The van der Waals surface area contributed by atoms with Crippen molar-refractivity contribution < 1.29 is 27.1 Å². The van der Waals surface area contributed by atoms with Gasteiger partial charge in [-0.15, -0.1) is 0 Å². The monoisotopic (exact) mass is 218 g/mol. The molecule has 1 fully saturated rings. The average molecular weight is 218 g/mol. The molecule has 0 aromatic rings. The molecule has 0 radical (unpaired) electrons. The molecule has 1 nitrogen and oxygen atoms in total. The molecule has 1 aliphatic carbocycles. The molecule has 0 heterocycles. The minimum atomic E-state index is -5.51. The van der Waals surface area contributed by atoms with E-state index in [4.69, 9.17) is 5.11 Å². The van der Waals surface area contributed by atoms with Gasteiger partial charge in [0.2, 0.25) is 0 Å². The lowest BCUT2D eigenvalue weighted by molar-refractivity contribution is -0.297. The van der Waals surface area contributed by atoms with Crippen molar-refractivity contribution in [3.63, 3.8) is 0 Å². The molecular weight excluding hydrogens is 207 g/mol. The number of halogens is 5. The number of hydrogen-bond acceptors (Lipinski definition) is 1. The van der Waals surface area contributed by atoms with Crippen molar-refractivity contribution in [3.8, 4) is 0 Å². The third-order valence-corrected chi connectivity index (χ3v) is 2.76. The predicted octanol–water partition coefficient (Wildman–Crippen LogP) is 2.74. The number of alkyl halides is 5. The van der Waals surface area contributed by atoms with Gasteiger partial charge in [-0.05, 0) is 18.3 Å². The van der Waals surface area contributed by atoms with Crippen molar-refractivity contribution in [2.24, 2.45) is 5.41 Å². The van der Waals surface area contributed by atoms with E-state index in [0.29, 0.717) is 6.42 Å². The van der Waals surface area contributed by atoms with Gasteiger partial charge in [0.05, 0.1) is 0 Å². The Balaban J connectivity index is 2.66. The van der Waals surface area contributed by atoms with E-state index in [2.05, 4.69) is 0 Å². The SMILES string of the molecule is OCC1(CC(F)(F)C(F)(F)F)CCC1. The molecule has 0 aliphatic heterocycles. The van der Waals surface area contributed by atoms with Crippen LogP contribution in [0.25, 0.3) is 0 Å². The maximum absolute atomic E-state index is 12.6. The normalized spacial score (nSPS) is 21.9. The summed E-state index contributed by atoms with van der Waals surface area (Å²) >= 11 is 0. The Kier molecular flexibility index (Phi) is 2.77. The molecule has 14 heavy (non-hydrogen) atoms. The first-order valence-corrected chi connectivity index (χ1v) is 4.28. The topological polar surface area (TPSA) is 20.2 Å². The Bertz CT molecular complexity index is 201. The van der Waals surface area contributed by atoms with Crippen LogP contribution < -0.4 is 0 Å². The molecule has 1 aliphatic rings. The van der Waals surface area contributed by atoms with Crippen LogP contribution in [0, 0.1) is 5.41 Å². The smallest absolute Gasteiger partial charge is 0.396 e. The minimum absolute atomic E-state index is 0.245. The molecule has 1 saturated carbocycles. The summed E-state index contributed by atoms with van der Waals surface area (Å²) in [4.78, 5) is 0. The van der Waals surface area contributed by atoms with Gasteiger partial charge in [0.1, 0.15) is 0 Å². The van der Waals surface area contributed by atoms with Gasteiger partial charge in [0, 0.05) is 13.0 Å². The number of aliphatic hydroxyl groups excluding tert-OH is 1. The number of aliphatic hydroxyl groups is 1. The van der Waals surface area contributed by atoms with Crippen LogP contribution in [0.5, 0.6) is 0 Å². The molecule has 6 heteroatoms. The molecule has 1 rings (SSSR count). The third-order valence-electron chi connectivity index (χ3n) is 2.76. The van der Waals surface area contributed by atoms with Gasteiger partial charge in [-0.1, -0.05) is 6.42 Å². The third kappa shape index (κ3) is 1.99. The molecule has 0 aromatic carbocycles. The average Bonchev–Trinajstić information content (AvgIpc) is 1.94. The lowest BCUT2D eigenvalue weighted by Crippen LogP contribution is -2.46. The van der Waals surface area contributed by atoms with Gasteiger partial charge in [-0.25, -0.2) is 0 Å². The highest BCUT2D eigenvalue weighted by Crippen LogP contribution is 2.51. The predicted molar refractivity (Wildman–Crippen MR) is 39.0 cm³/mol. The maximum Gasteiger partial charge on any atom is 0.453 e. The number of rotatable bonds is 3. The second-order valence-corrected chi connectivity index (χ2v) is 3.89. The van der Waals surface area contributed by atoms with Gasteiger partial charge in [-0.3, -0.25) is 0 Å². The van der Waals surface area contributed by atoms with Crippen molar-refractivity contribution in [3.05, 3.63) is 0 Å². The summed E-state index contributed by atoms with van der Waals surface area (Å²) in [6, 6.07) is 0. The number of hydrogen-bond donors (Lipinski definition) is 1. The molecule has 0 spiro atoms. The minimum Gasteiger partial charge on any atom is -0.396 e. The van der Waals surface area contributed by atoms with Gasteiger partial charge < -0.3 is 5.11 Å². The summed E-state index contributed by atoms with van der Waals surface area (Å²) in [7, 11) is 0. The molecule has 0 amide bonds. The van der Waals surface area contributed by atoms with Crippen LogP contribution in [0.2, 0.25) is 0 Å². The van der Waals surface area contributed by atoms with E-state index in [1.165, 1.54) is 0 Å². The molecule has 0 bridgehead atoms. The molecule has 0 atom stereocenters. The van der Waals surface area contributed by atoms with E-state index in [1.54, 1.807) is 0 Å². The molecule has 0 aromatic heterocycles. The van der Waals surface area contributed by atoms with Gasteiger partial charge in [0.25, 0.3) is 0 Å². The van der Waals surface area contributed by atoms with Crippen LogP contribution in [0.1, 0.15) is 25.7 Å². The van der Waals surface area contributed by atoms with Crippen molar-refractivity contribution in [1.82, 2.24) is 0 Å². The summed E-state index contributed by atoms with van der Waals surface area (Å²) in [5.41, 5.74) is -1.21. The van der Waals surface area contributed by atoms with Crippen molar-refractivity contribution in [2.75, 3.05) is 6.61 Å². The van der Waals surface area contributed by atoms with Crippen LogP contribution in [0.3, 0.4) is 0 Å². The lowest BCUT2D eigenvalue weighted by Gasteiger charge is -2.42. The molecule has 84 valence electrons. The highest BCUT2D eigenvalue weighted by atomic mass is 19.4. The second kappa shape index (κ2) is 3.32. The van der Waals surface area contributed by atoms with Crippen LogP contribution in [-0.2, 0) is 0 Å². The molecule has 0 saturated heterocycles. The zero-order chi connectivity index (χ0) is 11.0. The van der Waals surface area contributed by atoms with Gasteiger partial charge in [-0.2, -0.15) is 22.0 Å². The first-order chi connectivity index (χ1) is 6.22. The first kappa shape index (κ1) is 11.7. The van der Waals surface area contributed by atoms with E-state index in [9.17, 15) is 22.0 Å². The summed E-state index contributed by atoms with van der Waals surface area (Å²) in [5, 5.41) is 8.76. The fourth-order valence-electron chi connectivity index (χ4n) is 1.64. The van der Waals surface area contributed by atoms with E-state index in [1.807, 2.05) is 0 Å². The summed E-state index contributed by atoms with van der Waals surface area (Å²) in [6.45, 7) is -0.599. The molecular formula is C8H11F5O. The van der Waals surface area contributed by atoms with Crippen LogP contribution in [0.4, 0.5) is 22.0 Å². The summed E-state index contributed by atoms with van der Waals surface area (Å²) in [6.07, 6.45) is -5.70. The zero-order valence-electron chi connectivity index (χ0n) is 7.37. The van der Waals surface area contributed by atoms with Crippen LogP contribution in [0.15, 0.2) is 0 Å². The largest absolute Gasteiger partial charge is 0.453 e. The lowest BCUT2D eigenvalue weighted by atomic mass is 9.66. The van der Waals surface area contributed by atoms with Gasteiger partial charge >= 0.3 is 12.1 Å². The van der Waals surface area contributed by atoms with Crippen LogP contribution >= 0.6 is 0 Å². The highest BCUT2D eigenvalue weighted by Gasteiger charge is 2.61. The van der Waals surface area contributed by atoms with Crippen molar-refractivity contribution >= 4 is 0 Å². The van der Waals surface area contributed by atoms with E-state index >= 15 is 0 Å². The van der Waals surface area contributed by atoms with E-state index in [-0.39, 0.29) is 12.8 Å². The first-order valence-electron chi connectivity index (χ1n) is 4.28. The van der Waals surface area contributed by atoms with E-state index < -0.39 is 30.5 Å². The Hall–Kier alpha value is -0.390. The summed E-state index contributed by atoms with van der Waals surface area (Å²) in [5.74, 6) is -4.68. The maximum atomic E-state index is 12.6. The molecule has 0 unspecified atom stereocenters. The fraction of sp³-hybridized carbons (Fsp3) is 1.00. The van der Waals surface area contributed by atoms with E-state index in [0.717, 1.165) is 0 Å². The van der Waals surface area contributed by atoms with Crippen molar-refractivity contribution in [1.29, 1.82) is 0 Å². The standard InChI is InChI=1S/C8H11F5O/c9-7(10,8(11,12)13)4-6(5-14)2-1-3-6/h14H,1-5H2. The van der Waals surface area contributed by atoms with Crippen molar-refractivity contribution in [2.45, 2.75) is 37.8 Å². The van der Waals surface area contributed by atoms with Crippen LogP contribution in [-0.4, -0.2) is 23.8 Å². The fourth-order valence-corrected chi connectivity index (χ4v) is 1.64. The Morgan fingerprint density at radius 1 is 1.07 bits per heavy atom. The molecule has 1 N–H and O–H groups in total. The zero-order valence-corrected chi connectivity index (χ0v) is 7.37. The second-order valence-electron chi connectivity index (χ2n) is 3.89. The Morgan fingerprint density at radius 2 is 1.57 bits per heavy atom. The summed E-state index contributed by atoms with van der Waals surface area (Å²) < 4.78 is 60.7. The quantitative estimate of drug-likeness (QED) is 0.722. The van der Waals surface area contributed by atoms with Gasteiger partial charge in [0.15, 0.2) is 0 Å². The Morgan fingerprint density at radius 3 is 1.79 bits per heavy atom.